The van der Waals surface area contributed by atoms with Crippen molar-refractivity contribution in [2.45, 2.75) is 12.5 Å². The predicted octanol–water partition coefficient (Wildman–Crippen LogP) is 2.05. The summed E-state index contributed by atoms with van der Waals surface area (Å²) in [5, 5.41) is 8.98. The maximum absolute atomic E-state index is 12.0. The fourth-order valence-corrected chi connectivity index (χ4v) is 1.26. The normalized spacial score (nSPS) is 12.4. The molecule has 1 N–H and O–H groups in total. The van der Waals surface area contributed by atoms with Crippen LogP contribution in [0.5, 0.6) is 11.5 Å². The van der Waals surface area contributed by atoms with Crippen LogP contribution in [0.4, 0.5) is 13.2 Å². The summed E-state index contributed by atoms with van der Waals surface area (Å²) in [7, 11) is 0. The number of alkyl halides is 3. The van der Waals surface area contributed by atoms with Gasteiger partial charge in [-0.1, -0.05) is 6.58 Å². The third-order valence-corrected chi connectivity index (χ3v) is 2.15. The first-order valence-electron chi connectivity index (χ1n) is 5.76. The quantitative estimate of drug-likeness (QED) is 0.617. The van der Waals surface area contributed by atoms with Gasteiger partial charge in [-0.3, -0.25) is 0 Å². The van der Waals surface area contributed by atoms with Crippen molar-refractivity contribution in [3.8, 4) is 11.5 Å². The monoisotopic (exact) mass is 306 g/mol. The van der Waals surface area contributed by atoms with Crippen molar-refractivity contribution in [2.75, 3.05) is 13.2 Å². The molecule has 1 unspecified atom stereocenters. The molecule has 1 aromatic rings. The van der Waals surface area contributed by atoms with E-state index in [-0.39, 0.29) is 18.1 Å². The summed E-state index contributed by atoms with van der Waals surface area (Å²) in [6, 6.07) is 4.66. The largest absolute Gasteiger partial charge is 0.573 e. The van der Waals surface area contributed by atoms with Gasteiger partial charge >= 0.3 is 12.3 Å². The topological polar surface area (TPSA) is 65.0 Å². The number of carbonyl (C=O) groups is 1. The van der Waals surface area contributed by atoms with Crippen LogP contribution in [0.2, 0.25) is 0 Å². The maximum atomic E-state index is 12.0. The van der Waals surface area contributed by atoms with E-state index in [9.17, 15) is 18.0 Å². The molecular formula is C13H13F3O5. The molecule has 21 heavy (non-hydrogen) atoms. The molecule has 116 valence electrons. The molecule has 5 nitrogen and oxygen atoms in total. The van der Waals surface area contributed by atoms with Gasteiger partial charge in [-0.15, -0.1) is 13.2 Å². The van der Waals surface area contributed by atoms with Crippen molar-refractivity contribution in [1.82, 2.24) is 0 Å². The molecule has 0 aliphatic heterocycles. The summed E-state index contributed by atoms with van der Waals surface area (Å²) in [6.45, 7) is 2.58. The second-order valence-electron chi connectivity index (χ2n) is 3.78. The number of aliphatic hydroxyl groups is 1. The zero-order chi connectivity index (χ0) is 15.9. The summed E-state index contributed by atoms with van der Waals surface area (Å²) in [5.41, 5.74) is 0. The van der Waals surface area contributed by atoms with Crippen LogP contribution in [0.3, 0.4) is 0 Å². The third kappa shape index (κ3) is 6.66. The minimum atomic E-state index is -4.76. The van der Waals surface area contributed by atoms with Crippen LogP contribution in [-0.4, -0.2) is 36.8 Å². The molecule has 0 aliphatic carbocycles. The number of benzene rings is 1. The van der Waals surface area contributed by atoms with E-state index in [1.807, 2.05) is 0 Å². The molecule has 0 spiro atoms. The van der Waals surface area contributed by atoms with Crippen molar-refractivity contribution >= 4 is 5.97 Å². The highest BCUT2D eigenvalue weighted by atomic mass is 19.4. The fraction of sp³-hybridized carbons (Fsp3) is 0.308. The Labute approximate surface area is 118 Å². The molecule has 1 aromatic carbocycles. The minimum absolute atomic E-state index is 0.157. The SMILES string of the molecule is C=CC(=O)OC(CO)COc1ccc(OC(F)(F)F)cc1. The Hall–Kier alpha value is -2.22. The van der Waals surface area contributed by atoms with Gasteiger partial charge in [0.15, 0.2) is 6.10 Å². The van der Waals surface area contributed by atoms with Crippen LogP contribution in [0.1, 0.15) is 0 Å². The number of esters is 1. The summed E-state index contributed by atoms with van der Waals surface area (Å²) >= 11 is 0. The average Bonchev–Trinajstić information content (AvgIpc) is 2.43. The smallest absolute Gasteiger partial charge is 0.490 e. The summed E-state index contributed by atoms with van der Waals surface area (Å²) in [4.78, 5) is 10.9. The van der Waals surface area contributed by atoms with Crippen LogP contribution >= 0.6 is 0 Å². The number of aliphatic hydroxyl groups excluding tert-OH is 1. The van der Waals surface area contributed by atoms with Gasteiger partial charge in [-0.25, -0.2) is 4.79 Å². The van der Waals surface area contributed by atoms with E-state index in [1.54, 1.807) is 0 Å². The lowest BCUT2D eigenvalue weighted by Crippen LogP contribution is -2.27. The number of ether oxygens (including phenoxy) is 3. The van der Waals surface area contributed by atoms with Crippen LogP contribution in [-0.2, 0) is 9.53 Å². The third-order valence-electron chi connectivity index (χ3n) is 2.15. The van der Waals surface area contributed by atoms with Crippen molar-refractivity contribution in [3.05, 3.63) is 36.9 Å². The van der Waals surface area contributed by atoms with Crippen LogP contribution in [0.15, 0.2) is 36.9 Å². The molecule has 0 bridgehead atoms. The van der Waals surface area contributed by atoms with Crippen molar-refractivity contribution in [3.63, 3.8) is 0 Å². The summed E-state index contributed by atoms with van der Waals surface area (Å²) in [6.07, 6.45) is -4.73. The Morgan fingerprint density at radius 2 is 1.86 bits per heavy atom. The van der Waals surface area contributed by atoms with E-state index < -0.39 is 25.0 Å². The Balaban J connectivity index is 2.51. The standard InChI is InChI=1S/C13H13F3O5/c1-2-12(18)20-11(7-17)8-19-9-3-5-10(6-4-9)21-13(14,15)16/h2-6,11,17H,1,7-8H2. The van der Waals surface area contributed by atoms with Crippen LogP contribution in [0.25, 0.3) is 0 Å². The number of halogens is 3. The van der Waals surface area contributed by atoms with Crippen molar-refractivity contribution in [2.24, 2.45) is 0 Å². The van der Waals surface area contributed by atoms with Gasteiger partial charge < -0.3 is 19.3 Å². The highest BCUT2D eigenvalue weighted by Gasteiger charge is 2.30. The summed E-state index contributed by atoms with van der Waals surface area (Å²) < 4.78 is 49.5. The highest BCUT2D eigenvalue weighted by Crippen LogP contribution is 2.24. The van der Waals surface area contributed by atoms with Crippen molar-refractivity contribution in [1.29, 1.82) is 0 Å². The van der Waals surface area contributed by atoms with Gasteiger partial charge in [0.25, 0.3) is 0 Å². The number of hydrogen-bond donors (Lipinski definition) is 1. The van der Waals surface area contributed by atoms with Crippen molar-refractivity contribution < 1.29 is 37.3 Å². The second-order valence-corrected chi connectivity index (χ2v) is 3.78. The first-order valence-corrected chi connectivity index (χ1v) is 5.76. The Morgan fingerprint density at radius 3 is 2.33 bits per heavy atom. The molecule has 0 aliphatic rings. The van der Waals surface area contributed by atoms with Crippen LogP contribution in [0, 0.1) is 0 Å². The van der Waals surface area contributed by atoms with Gasteiger partial charge in [-0.2, -0.15) is 0 Å². The molecule has 0 amide bonds. The summed E-state index contributed by atoms with van der Waals surface area (Å²) in [5.74, 6) is -0.865. The number of carbonyl (C=O) groups excluding carboxylic acids is 1. The molecule has 0 radical (unpaired) electrons. The Morgan fingerprint density at radius 1 is 1.29 bits per heavy atom. The highest BCUT2D eigenvalue weighted by molar-refractivity contribution is 5.81. The predicted molar refractivity (Wildman–Crippen MR) is 65.8 cm³/mol. The lowest BCUT2D eigenvalue weighted by Gasteiger charge is -2.15. The zero-order valence-corrected chi connectivity index (χ0v) is 10.8. The van der Waals surface area contributed by atoms with E-state index in [2.05, 4.69) is 11.3 Å². The Kier molecular flexibility index (Phi) is 6.04. The van der Waals surface area contributed by atoms with Crippen LogP contribution < -0.4 is 9.47 Å². The van der Waals surface area contributed by atoms with Gasteiger partial charge in [0.2, 0.25) is 0 Å². The van der Waals surface area contributed by atoms with E-state index in [1.165, 1.54) is 12.1 Å². The number of hydrogen-bond acceptors (Lipinski definition) is 5. The first-order chi connectivity index (χ1) is 9.84. The molecule has 0 aromatic heterocycles. The lowest BCUT2D eigenvalue weighted by molar-refractivity contribution is -0.274. The van der Waals surface area contributed by atoms with E-state index in [4.69, 9.17) is 14.6 Å². The number of rotatable bonds is 7. The second kappa shape index (κ2) is 7.53. The van der Waals surface area contributed by atoms with Gasteiger partial charge in [0.1, 0.15) is 18.1 Å². The molecule has 1 atom stereocenters. The molecular weight excluding hydrogens is 293 g/mol. The first kappa shape index (κ1) is 16.8. The van der Waals surface area contributed by atoms with Gasteiger partial charge in [0, 0.05) is 6.08 Å². The zero-order valence-electron chi connectivity index (χ0n) is 10.8. The van der Waals surface area contributed by atoms with Gasteiger partial charge in [0.05, 0.1) is 6.61 Å². The van der Waals surface area contributed by atoms with E-state index >= 15 is 0 Å². The lowest BCUT2D eigenvalue weighted by atomic mass is 10.3. The fourth-order valence-electron chi connectivity index (χ4n) is 1.26. The Bertz CT molecular complexity index is 470. The maximum Gasteiger partial charge on any atom is 0.573 e. The average molecular weight is 306 g/mol. The van der Waals surface area contributed by atoms with E-state index in [0.29, 0.717) is 0 Å². The molecule has 1 rings (SSSR count). The molecule has 8 heteroatoms. The van der Waals surface area contributed by atoms with E-state index in [0.717, 1.165) is 18.2 Å². The van der Waals surface area contributed by atoms with Gasteiger partial charge in [-0.05, 0) is 24.3 Å². The molecule has 0 saturated heterocycles. The molecule has 0 heterocycles. The molecule has 0 fully saturated rings. The molecule has 0 saturated carbocycles. The minimum Gasteiger partial charge on any atom is -0.490 e.